The lowest BCUT2D eigenvalue weighted by Crippen LogP contribution is -2.50. The molecule has 224 valence electrons. The van der Waals surface area contributed by atoms with Crippen LogP contribution in [0.5, 0.6) is 5.75 Å². The van der Waals surface area contributed by atoms with Gasteiger partial charge >= 0.3 is 0 Å². The maximum atomic E-state index is 15.1. The number of aromatic nitrogens is 3. The van der Waals surface area contributed by atoms with Crippen molar-refractivity contribution in [3.63, 3.8) is 0 Å². The van der Waals surface area contributed by atoms with E-state index in [9.17, 15) is 9.18 Å². The van der Waals surface area contributed by atoms with E-state index in [1.807, 2.05) is 36.1 Å². The number of nitrogens with zero attached hydrogens (tertiary/aromatic N) is 7. The van der Waals surface area contributed by atoms with Crippen molar-refractivity contribution in [2.45, 2.75) is 20.0 Å². The summed E-state index contributed by atoms with van der Waals surface area (Å²) >= 11 is 0. The molecule has 4 aromatic rings. The minimum Gasteiger partial charge on any atom is -0.473 e. The summed E-state index contributed by atoms with van der Waals surface area (Å²) in [6.45, 7) is 8.42. The molecule has 12 heteroatoms. The van der Waals surface area contributed by atoms with Crippen LogP contribution in [0.25, 0.3) is 16.9 Å². The molecular formula is C31H34F2N8O2. The number of anilines is 2. The first-order chi connectivity index (χ1) is 20.7. The summed E-state index contributed by atoms with van der Waals surface area (Å²) in [5.74, 6) is -2.21. The molecule has 2 aromatic heterocycles. The standard InChI is InChI=1S/C31H34F2N8O2/c1-20-17-22(5-6-23(20)31(42)40-15-13-39(14-16-40)12-11-38(3)4)37-29-30-36-19-25(41(30)10-9-35-29)24-7-8-26(28(33)27(24)32)43-21(2)18-34/h5-10,17,19,21H,11-16H2,1-4H3,(H,35,37)/t21-/m1/s1. The number of fused-ring (bicyclic) bond motifs is 1. The zero-order valence-corrected chi connectivity index (χ0v) is 24.6. The molecule has 1 aliphatic heterocycles. The van der Waals surface area contributed by atoms with Crippen LogP contribution in [0.15, 0.2) is 48.9 Å². The number of benzene rings is 2. The molecule has 1 amide bonds. The van der Waals surface area contributed by atoms with Gasteiger partial charge in [0, 0.05) is 68.5 Å². The molecule has 0 bridgehead atoms. The summed E-state index contributed by atoms with van der Waals surface area (Å²) < 4.78 is 36.6. The third-order valence-electron chi connectivity index (χ3n) is 7.48. The van der Waals surface area contributed by atoms with E-state index in [1.165, 1.54) is 31.5 Å². The van der Waals surface area contributed by atoms with Crippen molar-refractivity contribution >= 4 is 23.1 Å². The number of piperazine rings is 1. The predicted molar refractivity (Wildman–Crippen MR) is 159 cm³/mol. The minimum absolute atomic E-state index is 0.0159. The largest absolute Gasteiger partial charge is 0.473 e. The van der Waals surface area contributed by atoms with Crippen molar-refractivity contribution < 1.29 is 18.3 Å². The second-order valence-electron chi connectivity index (χ2n) is 10.8. The van der Waals surface area contributed by atoms with Crippen LogP contribution in [0, 0.1) is 29.9 Å². The summed E-state index contributed by atoms with van der Waals surface area (Å²) in [5.41, 5.74) is 2.88. The van der Waals surface area contributed by atoms with Gasteiger partial charge in [0.15, 0.2) is 29.1 Å². The number of hydrogen-bond donors (Lipinski definition) is 1. The van der Waals surface area contributed by atoms with Gasteiger partial charge in [-0.1, -0.05) is 0 Å². The SMILES string of the molecule is Cc1cc(Nc2nccn3c(-c4ccc(O[C@H](C)C#N)c(F)c4F)cnc23)ccc1C(=O)N1CCN(CCN(C)C)CC1. The topological polar surface area (TPSA) is 102 Å². The lowest BCUT2D eigenvalue weighted by atomic mass is 10.1. The molecule has 43 heavy (non-hydrogen) atoms. The van der Waals surface area contributed by atoms with Gasteiger partial charge in [0.2, 0.25) is 5.82 Å². The molecule has 2 aromatic carbocycles. The van der Waals surface area contributed by atoms with Crippen LogP contribution in [0.2, 0.25) is 0 Å². The Balaban J connectivity index is 1.32. The van der Waals surface area contributed by atoms with E-state index in [0.717, 1.165) is 31.7 Å². The number of rotatable bonds is 9. The summed E-state index contributed by atoms with van der Waals surface area (Å²) in [6, 6.07) is 10.0. The number of ether oxygens (including phenoxy) is 1. The molecule has 1 atom stereocenters. The molecule has 3 heterocycles. The van der Waals surface area contributed by atoms with Gasteiger partial charge in [-0.05, 0) is 63.8 Å². The monoisotopic (exact) mass is 588 g/mol. The number of amides is 1. The van der Waals surface area contributed by atoms with Crippen molar-refractivity contribution in [2.75, 3.05) is 58.7 Å². The minimum atomic E-state index is -1.18. The van der Waals surface area contributed by atoms with E-state index >= 15 is 4.39 Å². The van der Waals surface area contributed by atoms with Crippen LogP contribution in [-0.2, 0) is 0 Å². The molecular weight excluding hydrogens is 554 g/mol. The first kappa shape index (κ1) is 29.9. The van der Waals surface area contributed by atoms with Crippen molar-refractivity contribution in [1.29, 1.82) is 5.26 Å². The fraction of sp³-hybridized carbons (Fsp3) is 0.355. The Morgan fingerprint density at radius 1 is 1.14 bits per heavy atom. The van der Waals surface area contributed by atoms with Crippen LogP contribution in [0.4, 0.5) is 20.3 Å². The van der Waals surface area contributed by atoms with Crippen LogP contribution in [0.3, 0.4) is 0 Å². The summed E-state index contributed by atoms with van der Waals surface area (Å²) in [7, 11) is 4.12. The average Bonchev–Trinajstić information content (AvgIpc) is 3.43. The van der Waals surface area contributed by atoms with Crippen molar-refractivity contribution in [3.05, 3.63) is 71.7 Å². The van der Waals surface area contributed by atoms with Crippen molar-refractivity contribution in [2.24, 2.45) is 0 Å². The maximum absolute atomic E-state index is 15.1. The van der Waals surface area contributed by atoms with Gasteiger partial charge in [-0.2, -0.15) is 9.65 Å². The zero-order valence-electron chi connectivity index (χ0n) is 24.6. The molecule has 0 radical (unpaired) electrons. The normalized spacial score (nSPS) is 14.6. The number of halogens is 2. The van der Waals surface area contributed by atoms with E-state index < -0.39 is 17.7 Å². The molecule has 1 saturated heterocycles. The highest BCUT2D eigenvalue weighted by Crippen LogP contribution is 2.32. The van der Waals surface area contributed by atoms with E-state index in [-0.39, 0.29) is 17.2 Å². The van der Waals surface area contributed by atoms with Gasteiger partial charge in [-0.15, -0.1) is 0 Å². The fourth-order valence-corrected chi connectivity index (χ4v) is 5.05. The number of nitrogens with one attached hydrogen (secondary N) is 1. The van der Waals surface area contributed by atoms with Crippen molar-refractivity contribution in [1.82, 2.24) is 29.1 Å². The van der Waals surface area contributed by atoms with E-state index in [1.54, 1.807) is 10.6 Å². The van der Waals surface area contributed by atoms with E-state index in [2.05, 4.69) is 39.2 Å². The van der Waals surface area contributed by atoms with Crippen LogP contribution >= 0.6 is 0 Å². The van der Waals surface area contributed by atoms with Crippen LogP contribution in [0.1, 0.15) is 22.8 Å². The Labute approximate surface area is 249 Å². The number of hydrogen-bond acceptors (Lipinski definition) is 8. The quantitative estimate of drug-likeness (QED) is 0.308. The third-order valence-corrected chi connectivity index (χ3v) is 7.48. The lowest BCUT2D eigenvalue weighted by Gasteiger charge is -2.35. The van der Waals surface area contributed by atoms with Crippen molar-refractivity contribution in [3.8, 4) is 23.1 Å². The number of aryl methyl sites for hydroxylation is 1. The summed E-state index contributed by atoms with van der Waals surface area (Å²) in [6.07, 6.45) is 3.64. The summed E-state index contributed by atoms with van der Waals surface area (Å²) in [5, 5.41) is 12.2. The molecule has 1 N–H and O–H groups in total. The maximum Gasteiger partial charge on any atom is 0.254 e. The van der Waals surface area contributed by atoms with E-state index in [4.69, 9.17) is 10.00 Å². The number of carbonyl (C=O) groups is 1. The molecule has 1 aliphatic rings. The Kier molecular flexibility index (Phi) is 8.84. The molecule has 0 unspecified atom stereocenters. The third kappa shape index (κ3) is 6.43. The van der Waals surface area contributed by atoms with Gasteiger partial charge in [0.05, 0.1) is 11.9 Å². The molecule has 0 aliphatic carbocycles. The van der Waals surface area contributed by atoms with Gasteiger partial charge in [0.1, 0.15) is 6.07 Å². The second kappa shape index (κ2) is 12.7. The molecule has 0 spiro atoms. The molecule has 1 fully saturated rings. The molecule has 10 nitrogen and oxygen atoms in total. The zero-order chi connectivity index (χ0) is 30.7. The number of nitriles is 1. The first-order valence-corrected chi connectivity index (χ1v) is 14.1. The van der Waals surface area contributed by atoms with Gasteiger partial charge in [0.25, 0.3) is 5.91 Å². The van der Waals surface area contributed by atoms with E-state index in [0.29, 0.717) is 41.5 Å². The Bertz CT molecular complexity index is 1670. The molecule has 0 saturated carbocycles. The lowest BCUT2D eigenvalue weighted by molar-refractivity contribution is 0.0629. The Morgan fingerprint density at radius 3 is 2.60 bits per heavy atom. The number of imidazole rings is 1. The predicted octanol–water partition coefficient (Wildman–Crippen LogP) is 4.34. The first-order valence-electron chi connectivity index (χ1n) is 14.1. The summed E-state index contributed by atoms with van der Waals surface area (Å²) in [4.78, 5) is 28.5. The second-order valence-corrected chi connectivity index (χ2v) is 10.8. The molecule has 5 rings (SSSR count). The smallest absolute Gasteiger partial charge is 0.254 e. The number of carbonyl (C=O) groups excluding carboxylic acids is 1. The Morgan fingerprint density at radius 2 is 1.91 bits per heavy atom. The highest BCUT2D eigenvalue weighted by Gasteiger charge is 2.24. The highest BCUT2D eigenvalue weighted by molar-refractivity contribution is 5.96. The van der Waals surface area contributed by atoms with Crippen LogP contribution in [-0.4, -0.2) is 94.4 Å². The van der Waals surface area contributed by atoms with Gasteiger partial charge in [-0.3, -0.25) is 14.1 Å². The van der Waals surface area contributed by atoms with Gasteiger partial charge < -0.3 is 19.9 Å². The van der Waals surface area contributed by atoms with Crippen LogP contribution < -0.4 is 10.1 Å². The fourth-order valence-electron chi connectivity index (χ4n) is 5.05. The highest BCUT2D eigenvalue weighted by atomic mass is 19.2. The number of likely N-dealkylation sites (N-methyl/N-ethyl adjacent to an activating group) is 1. The Hall–Kier alpha value is -4.60. The average molecular weight is 589 g/mol. The van der Waals surface area contributed by atoms with Gasteiger partial charge in [-0.25, -0.2) is 14.4 Å².